The van der Waals surface area contributed by atoms with E-state index in [-0.39, 0.29) is 6.61 Å². The van der Waals surface area contributed by atoms with Gasteiger partial charge in [-0.3, -0.25) is 9.67 Å². The number of aromatic nitrogens is 3. The van der Waals surface area contributed by atoms with Gasteiger partial charge in [0.2, 0.25) is 0 Å². The molecule has 3 rings (SSSR count). The zero-order valence-electron chi connectivity index (χ0n) is 14.0. The molecule has 2 aromatic rings. The van der Waals surface area contributed by atoms with Crippen LogP contribution in [0.5, 0.6) is 5.75 Å². The minimum atomic E-state index is -3.44. The summed E-state index contributed by atoms with van der Waals surface area (Å²) < 4.78 is 35.0. The molecule has 9 heteroatoms. The molecule has 0 fully saturated rings. The first-order valence-electron chi connectivity index (χ1n) is 7.63. The van der Waals surface area contributed by atoms with Gasteiger partial charge in [0, 0.05) is 58.1 Å². The highest BCUT2D eigenvalue weighted by molar-refractivity contribution is 7.86. The summed E-state index contributed by atoms with van der Waals surface area (Å²) in [6, 6.07) is 3.62. The summed E-state index contributed by atoms with van der Waals surface area (Å²) in [5.41, 5.74) is 2.75. The molecule has 0 spiro atoms. The van der Waals surface area contributed by atoms with E-state index in [0.717, 1.165) is 17.0 Å². The van der Waals surface area contributed by atoms with E-state index in [2.05, 4.69) is 10.1 Å². The van der Waals surface area contributed by atoms with Gasteiger partial charge in [-0.25, -0.2) is 0 Å². The van der Waals surface area contributed by atoms with Crippen LogP contribution in [0.15, 0.2) is 24.5 Å². The van der Waals surface area contributed by atoms with E-state index in [0.29, 0.717) is 25.3 Å². The van der Waals surface area contributed by atoms with Gasteiger partial charge in [-0.2, -0.15) is 22.1 Å². The van der Waals surface area contributed by atoms with Crippen molar-refractivity contribution in [2.24, 2.45) is 7.05 Å². The SMILES string of the molecule is CN(C)S(=O)(=O)N1CCc2c(c(COc3cccnc3)nn2C)C1. The average molecular weight is 351 g/mol. The number of pyridine rings is 1. The topological polar surface area (TPSA) is 80.6 Å². The Balaban J connectivity index is 1.82. The lowest BCUT2D eigenvalue weighted by Crippen LogP contribution is -2.43. The number of fused-ring (bicyclic) bond motifs is 1. The summed E-state index contributed by atoms with van der Waals surface area (Å²) in [4.78, 5) is 4.01. The van der Waals surface area contributed by atoms with Crippen LogP contribution in [0, 0.1) is 0 Å². The Bertz CT molecular complexity index is 817. The summed E-state index contributed by atoms with van der Waals surface area (Å²) >= 11 is 0. The van der Waals surface area contributed by atoms with E-state index < -0.39 is 10.2 Å². The summed E-state index contributed by atoms with van der Waals surface area (Å²) in [7, 11) is 1.52. The number of ether oxygens (including phenoxy) is 1. The van der Waals surface area contributed by atoms with Crippen molar-refractivity contribution in [1.29, 1.82) is 0 Å². The van der Waals surface area contributed by atoms with Crippen LogP contribution in [0.25, 0.3) is 0 Å². The van der Waals surface area contributed by atoms with Gasteiger partial charge in [0.05, 0.1) is 6.20 Å². The molecule has 8 nitrogen and oxygen atoms in total. The second-order valence-corrected chi connectivity index (χ2v) is 7.99. The lowest BCUT2D eigenvalue weighted by molar-refractivity contribution is 0.294. The Labute approximate surface area is 141 Å². The van der Waals surface area contributed by atoms with Gasteiger partial charge < -0.3 is 4.74 Å². The van der Waals surface area contributed by atoms with E-state index in [1.165, 1.54) is 8.61 Å². The Hall–Kier alpha value is -1.97. The fourth-order valence-electron chi connectivity index (χ4n) is 2.77. The third-order valence-electron chi connectivity index (χ3n) is 4.09. The molecule has 0 amide bonds. The van der Waals surface area contributed by atoms with Crippen LogP contribution in [-0.4, -0.2) is 52.4 Å². The summed E-state index contributed by atoms with van der Waals surface area (Å²) in [5.74, 6) is 0.658. The van der Waals surface area contributed by atoms with Gasteiger partial charge in [-0.15, -0.1) is 0 Å². The van der Waals surface area contributed by atoms with E-state index >= 15 is 0 Å². The first-order valence-corrected chi connectivity index (χ1v) is 9.03. The highest BCUT2D eigenvalue weighted by atomic mass is 32.2. The van der Waals surface area contributed by atoms with Crippen molar-refractivity contribution in [3.63, 3.8) is 0 Å². The maximum atomic E-state index is 12.4. The highest BCUT2D eigenvalue weighted by Gasteiger charge is 2.32. The van der Waals surface area contributed by atoms with E-state index in [1.54, 1.807) is 32.6 Å². The fourth-order valence-corrected chi connectivity index (χ4v) is 3.85. The van der Waals surface area contributed by atoms with Gasteiger partial charge in [0.1, 0.15) is 18.1 Å². The molecule has 0 unspecified atom stereocenters. The molecule has 1 aliphatic heterocycles. The zero-order valence-corrected chi connectivity index (χ0v) is 14.8. The van der Waals surface area contributed by atoms with Crippen molar-refractivity contribution >= 4 is 10.2 Å². The number of hydrogen-bond acceptors (Lipinski definition) is 5. The Kier molecular flexibility index (Phi) is 4.57. The lowest BCUT2D eigenvalue weighted by atomic mass is 10.1. The normalized spacial score (nSPS) is 15.5. The quantitative estimate of drug-likeness (QED) is 0.786. The molecule has 0 bridgehead atoms. The first kappa shape index (κ1) is 16.9. The molecular formula is C15H21N5O3S. The molecule has 0 saturated carbocycles. The van der Waals surface area contributed by atoms with Crippen molar-refractivity contribution in [2.75, 3.05) is 20.6 Å². The molecule has 2 aromatic heterocycles. The van der Waals surface area contributed by atoms with Crippen LogP contribution in [0.3, 0.4) is 0 Å². The van der Waals surface area contributed by atoms with E-state index in [1.807, 2.05) is 17.8 Å². The van der Waals surface area contributed by atoms with Gasteiger partial charge in [-0.05, 0) is 12.1 Å². The third kappa shape index (κ3) is 3.14. The van der Waals surface area contributed by atoms with Crippen LogP contribution in [0.1, 0.15) is 17.0 Å². The largest absolute Gasteiger partial charge is 0.486 e. The van der Waals surface area contributed by atoms with Gasteiger partial charge >= 0.3 is 0 Å². The maximum absolute atomic E-state index is 12.4. The predicted molar refractivity (Wildman–Crippen MR) is 88.5 cm³/mol. The minimum Gasteiger partial charge on any atom is -0.486 e. The molecule has 0 radical (unpaired) electrons. The molecule has 3 heterocycles. The number of aryl methyl sites for hydroxylation is 1. The second-order valence-electron chi connectivity index (χ2n) is 5.85. The molecule has 0 N–H and O–H groups in total. The van der Waals surface area contributed by atoms with Gasteiger partial charge in [0.25, 0.3) is 10.2 Å². The molecule has 1 aliphatic rings. The summed E-state index contributed by atoms with van der Waals surface area (Å²) in [6.07, 6.45) is 3.95. The average Bonchev–Trinajstić information content (AvgIpc) is 2.89. The lowest BCUT2D eigenvalue weighted by Gasteiger charge is -2.29. The molecule has 130 valence electrons. The van der Waals surface area contributed by atoms with Crippen molar-refractivity contribution in [2.45, 2.75) is 19.6 Å². The summed E-state index contributed by atoms with van der Waals surface area (Å²) in [6.45, 7) is 1.05. The molecule has 0 aromatic carbocycles. The van der Waals surface area contributed by atoms with E-state index in [9.17, 15) is 8.42 Å². The Morgan fingerprint density at radius 3 is 2.83 bits per heavy atom. The zero-order chi connectivity index (χ0) is 17.3. The fraction of sp³-hybridized carbons (Fsp3) is 0.467. The van der Waals surface area contributed by atoms with Crippen molar-refractivity contribution in [3.05, 3.63) is 41.5 Å². The Morgan fingerprint density at radius 2 is 2.17 bits per heavy atom. The van der Waals surface area contributed by atoms with Crippen molar-refractivity contribution in [3.8, 4) is 5.75 Å². The maximum Gasteiger partial charge on any atom is 0.281 e. The minimum absolute atomic E-state index is 0.282. The number of rotatable bonds is 5. The smallest absolute Gasteiger partial charge is 0.281 e. The molecule has 0 saturated heterocycles. The van der Waals surface area contributed by atoms with Crippen LogP contribution >= 0.6 is 0 Å². The highest BCUT2D eigenvalue weighted by Crippen LogP contribution is 2.25. The molecule has 24 heavy (non-hydrogen) atoms. The number of hydrogen-bond donors (Lipinski definition) is 0. The molecule has 0 aliphatic carbocycles. The second kappa shape index (κ2) is 6.50. The number of nitrogens with zero attached hydrogens (tertiary/aromatic N) is 5. The van der Waals surface area contributed by atoms with Crippen LogP contribution in [0.2, 0.25) is 0 Å². The Morgan fingerprint density at radius 1 is 1.38 bits per heavy atom. The van der Waals surface area contributed by atoms with Crippen molar-refractivity contribution in [1.82, 2.24) is 23.4 Å². The summed E-state index contributed by atoms with van der Waals surface area (Å²) in [5, 5.41) is 4.50. The van der Waals surface area contributed by atoms with Gasteiger partial charge in [-0.1, -0.05) is 0 Å². The van der Waals surface area contributed by atoms with Crippen LogP contribution in [-0.2, 0) is 36.8 Å². The van der Waals surface area contributed by atoms with Crippen molar-refractivity contribution < 1.29 is 13.2 Å². The standard InChI is InChI=1S/C15H21N5O3S/c1-18(2)24(21,22)20-8-6-15-13(10-20)14(17-19(15)3)11-23-12-5-4-7-16-9-12/h4-5,7,9H,6,8,10-11H2,1-3H3. The molecular weight excluding hydrogens is 330 g/mol. The predicted octanol–water partition coefficient (Wildman–Crippen LogP) is 0.559. The van der Waals surface area contributed by atoms with E-state index in [4.69, 9.17) is 4.74 Å². The third-order valence-corrected chi connectivity index (χ3v) is 5.98. The molecule has 0 atom stereocenters. The van der Waals surface area contributed by atoms with Crippen LogP contribution in [0.4, 0.5) is 0 Å². The first-order chi connectivity index (χ1) is 11.4. The monoisotopic (exact) mass is 351 g/mol. The van der Waals surface area contributed by atoms with Crippen LogP contribution < -0.4 is 4.74 Å². The van der Waals surface area contributed by atoms with Gasteiger partial charge in [0.15, 0.2) is 0 Å².